The van der Waals surface area contributed by atoms with Crippen LogP contribution >= 0.6 is 23.2 Å². The third-order valence-corrected chi connectivity index (χ3v) is 4.66. The molecule has 0 unspecified atom stereocenters. The number of aromatic nitrogens is 3. The Labute approximate surface area is 172 Å². The number of hydrogen-bond donors (Lipinski definition) is 3. The van der Waals surface area contributed by atoms with Gasteiger partial charge in [0.15, 0.2) is 5.65 Å². The van der Waals surface area contributed by atoms with Crippen LogP contribution in [0, 0.1) is 6.92 Å². The van der Waals surface area contributed by atoms with Crippen molar-refractivity contribution in [2.45, 2.75) is 6.92 Å². The van der Waals surface area contributed by atoms with Gasteiger partial charge in [-0.25, -0.2) is 9.78 Å². The second kappa shape index (κ2) is 7.23. The van der Waals surface area contributed by atoms with Crippen molar-refractivity contribution in [1.82, 2.24) is 15.0 Å². The zero-order valence-corrected chi connectivity index (χ0v) is 16.3. The minimum absolute atomic E-state index is 0.0340. The molecule has 0 amide bonds. The van der Waals surface area contributed by atoms with Crippen molar-refractivity contribution in [3.8, 4) is 16.9 Å². The minimum atomic E-state index is -0.774. The maximum atomic E-state index is 12.8. The van der Waals surface area contributed by atoms with Gasteiger partial charge in [0.1, 0.15) is 17.1 Å². The molecule has 0 aliphatic rings. The summed E-state index contributed by atoms with van der Waals surface area (Å²) in [6.07, 6.45) is 1.38. The topological polar surface area (TPSA) is 121 Å². The molecule has 0 aliphatic heterocycles. The van der Waals surface area contributed by atoms with Crippen LogP contribution in [0.4, 0.5) is 11.6 Å². The average molecular weight is 431 g/mol. The normalized spacial score (nSPS) is 11.0. The molecule has 0 saturated heterocycles. The molecule has 0 bridgehead atoms. The Morgan fingerprint density at radius 1 is 1.17 bits per heavy atom. The quantitative estimate of drug-likeness (QED) is 0.448. The van der Waals surface area contributed by atoms with Crippen molar-refractivity contribution in [2.24, 2.45) is 0 Å². The lowest BCUT2D eigenvalue weighted by Gasteiger charge is -2.10. The van der Waals surface area contributed by atoms with Crippen LogP contribution in [0.1, 0.15) is 5.76 Å². The molecule has 3 heterocycles. The van der Waals surface area contributed by atoms with E-state index in [9.17, 15) is 14.7 Å². The van der Waals surface area contributed by atoms with Crippen molar-refractivity contribution in [2.75, 3.05) is 5.32 Å². The highest BCUT2D eigenvalue weighted by Gasteiger charge is 2.19. The van der Waals surface area contributed by atoms with E-state index < -0.39 is 11.2 Å². The van der Waals surface area contributed by atoms with Gasteiger partial charge in [0.05, 0.1) is 16.1 Å². The Balaban J connectivity index is 1.88. The number of halogens is 2. The molecule has 0 aliphatic carbocycles. The number of pyridine rings is 1. The van der Waals surface area contributed by atoms with Crippen LogP contribution in [0.2, 0.25) is 10.0 Å². The lowest BCUT2D eigenvalue weighted by atomic mass is 10.0. The van der Waals surface area contributed by atoms with E-state index in [4.69, 9.17) is 27.6 Å². The first kappa shape index (κ1) is 19.0. The molecule has 0 radical (unpaired) electrons. The number of H-pyrrole nitrogens is 1. The van der Waals surface area contributed by atoms with Crippen LogP contribution in [0.25, 0.3) is 22.2 Å². The Bertz CT molecular complexity index is 1380. The third-order valence-electron chi connectivity index (χ3n) is 4.12. The third kappa shape index (κ3) is 3.55. The number of hydrogen-bond acceptors (Lipinski definition) is 7. The summed E-state index contributed by atoms with van der Waals surface area (Å²) < 4.78 is 5.05. The molecular formula is C19H12Cl2N4O4. The molecule has 0 fully saturated rings. The van der Waals surface area contributed by atoms with Crippen LogP contribution in [-0.2, 0) is 0 Å². The Hall–Kier alpha value is -3.36. The van der Waals surface area contributed by atoms with E-state index in [0.29, 0.717) is 15.7 Å². The minimum Gasteiger partial charge on any atom is -0.507 e. The zero-order valence-electron chi connectivity index (χ0n) is 14.8. The van der Waals surface area contributed by atoms with Crippen LogP contribution in [-0.4, -0.2) is 20.1 Å². The molecule has 146 valence electrons. The summed E-state index contributed by atoms with van der Waals surface area (Å²) in [5.41, 5.74) is -0.776. The average Bonchev–Trinajstić information content (AvgIpc) is 2.63. The largest absolute Gasteiger partial charge is 0.507 e. The van der Waals surface area contributed by atoms with Crippen LogP contribution in [0.15, 0.2) is 50.5 Å². The number of aromatic hydroxyl groups is 1. The van der Waals surface area contributed by atoms with Gasteiger partial charge in [0.25, 0.3) is 5.56 Å². The molecule has 3 aromatic heterocycles. The number of benzene rings is 1. The highest BCUT2D eigenvalue weighted by molar-refractivity contribution is 6.36. The van der Waals surface area contributed by atoms with Gasteiger partial charge in [0.2, 0.25) is 5.95 Å². The van der Waals surface area contributed by atoms with Gasteiger partial charge < -0.3 is 14.8 Å². The van der Waals surface area contributed by atoms with Gasteiger partial charge in [0, 0.05) is 22.8 Å². The van der Waals surface area contributed by atoms with E-state index in [0.717, 1.165) is 0 Å². The summed E-state index contributed by atoms with van der Waals surface area (Å²) in [6.45, 7) is 1.53. The molecule has 1 aromatic carbocycles. The predicted molar refractivity (Wildman–Crippen MR) is 110 cm³/mol. The van der Waals surface area contributed by atoms with Gasteiger partial charge in [-0.05, 0) is 31.2 Å². The molecule has 4 rings (SSSR count). The van der Waals surface area contributed by atoms with Crippen molar-refractivity contribution >= 4 is 45.9 Å². The fourth-order valence-corrected chi connectivity index (χ4v) is 3.35. The molecule has 3 N–H and O–H groups in total. The van der Waals surface area contributed by atoms with Crippen molar-refractivity contribution in [1.29, 1.82) is 0 Å². The molecule has 29 heavy (non-hydrogen) atoms. The predicted octanol–water partition coefficient (Wildman–Crippen LogP) is 4.00. The van der Waals surface area contributed by atoms with E-state index in [1.54, 1.807) is 18.2 Å². The summed E-state index contributed by atoms with van der Waals surface area (Å²) in [6, 6.07) is 7.53. The van der Waals surface area contributed by atoms with Crippen molar-refractivity contribution < 1.29 is 9.52 Å². The maximum Gasteiger partial charge on any atom is 0.347 e. The summed E-state index contributed by atoms with van der Waals surface area (Å²) in [4.78, 5) is 36.0. The van der Waals surface area contributed by atoms with Crippen molar-refractivity contribution in [3.05, 3.63) is 73.1 Å². The number of aryl methyl sites for hydroxylation is 1. The molecular weight excluding hydrogens is 419 g/mol. The molecule has 0 spiro atoms. The number of nitrogens with zero attached hydrogens (tertiary/aromatic N) is 2. The van der Waals surface area contributed by atoms with E-state index in [2.05, 4.69) is 20.3 Å². The highest BCUT2D eigenvalue weighted by Crippen LogP contribution is 2.31. The fraction of sp³-hybridized carbons (Fsp3) is 0.0526. The lowest BCUT2D eigenvalue weighted by molar-refractivity contribution is 0.438. The SMILES string of the molecule is Cc1cc(O)c(-c2ccnc3nc(Nc4ccc(Cl)cc4Cl)[nH]c(=O)c23)c(=O)o1. The number of nitrogens with one attached hydrogen (secondary N) is 2. The Morgan fingerprint density at radius 3 is 2.69 bits per heavy atom. The summed E-state index contributed by atoms with van der Waals surface area (Å²) in [7, 11) is 0. The number of anilines is 2. The van der Waals surface area contributed by atoms with Crippen LogP contribution in [0.3, 0.4) is 0 Å². The molecule has 10 heteroatoms. The smallest absolute Gasteiger partial charge is 0.347 e. The van der Waals surface area contributed by atoms with E-state index in [-0.39, 0.29) is 39.6 Å². The second-order valence-electron chi connectivity index (χ2n) is 6.13. The van der Waals surface area contributed by atoms with Gasteiger partial charge in [-0.1, -0.05) is 23.2 Å². The van der Waals surface area contributed by atoms with E-state index in [1.807, 2.05) is 0 Å². The van der Waals surface area contributed by atoms with Gasteiger partial charge in [-0.3, -0.25) is 9.78 Å². The van der Waals surface area contributed by atoms with Crippen LogP contribution < -0.4 is 16.5 Å². The van der Waals surface area contributed by atoms with E-state index in [1.165, 1.54) is 25.3 Å². The van der Waals surface area contributed by atoms with Gasteiger partial charge >= 0.3 is 5.63 Å². The maximum absolute atomic E-state index is 12.8. The summed E-state index contributed by atoms with van der Waals surface area (Å²) in [5.74, 6) is 0.0327. The van der Waals surface area contributed by atoms with Gasteiger partial charge in [-0.2, -0.15) is 4.98 Å². The Morgan fingerprint density at radius 2 is 1.97 bits per heavy atom. The first-order valence-electron chi connectivity index (χ1n) is 8.28. The first-order valence-corrected chi connectivity index (χ1v) is 9.04. The lowest BCUT2D eigenvalue weighted by Crippen LogP contribution is -2.14. The second-order valence-corrected chi connectivity index (χ2v) is 6.97. The summed E-state index contributed by atoms with van der Waals surface area (Å²) >= 11 is 12.0. The monoisotopic (exact) mass is 430 g/mol. The standard InChI is InChI=1S/C19H12Cl2N4O4/c1-8-6-13(26)14(18(28)29-8)10-4-5-22-16-15(10)17(27)25-19(24-16)23-12-3-2-9(20)7-11(12)21/h2-7,26H,1H3,(H2,22,23,24,25,27). The summed E-state index contributed by atoms with van der Waals surface area (Å²) in [5, 5.41) is 14.0. The number of fused-ring (bicyclic) bond motifs is 1. The molecule has 8 nitrogen and oxygen atoms in total. The van der Waals surface area contributed by atoms with Gasteiger partial charge in [-0.15, -0.1) is 0 Å². The first-order chi connectivity index (χ1) is 13.8. The molecule has 4 aromatic rings. The highest BCUT2D eigenvalue weighted by atomic mass is 35.5. The zero-order chi connectivity index (χ0) is 20.7. The van der Waals surface area contributed by atoms with E-state index >= 15 is 0 Å². The molecule has 0 atom stereocenters. The fourth-order valence-electron chi connectivity index (χ4n) is 2.89. The Kier molecular flexibility index (Phi) is 4.73. The van der Waals surface area contributed by atoms with Crippen LogP contribution in [0.5, 0.6) is 5.75 Å². The number of rotatable bonds is 3. The molecule has 0 saturated carbocycles. The number of aromatic amines is 1. The van der Waals surface area contributed by atoms with Crippen molar-refractivity contribution in [3.63, 3.8) is 0 Å².